The van der Waals surface area contributed by atoms with Gasteiger partial charge in [0.25, 0.3) is 5.91 Å². The zero-order valence-corrected chi connectivity index (χ0v) is 11.7. The third kappa shape index (κ3) is 2.35. The average Bonchev–Trinajstić information content (AvgIpc) is 2.51. The first-order valence-corrected chi connectivity index (χ1v) is 6.28. The Balaban J connectivity index is 2.26. The van der Waals surface area contributed by atoms with E-state index in [4.69, 9.17) is 11.6 Å². The van der Waals surface area contributed by atoms with Crippen molar-refractivity contribution in [3.63, 3.8) is 0 Å². The predicted molar refractivity (Wildman–Crippen MR) is 68.9 cm³/mol. The van der Waals surface area contributed by atoms with Gasteiger partial charge >= 0.3 is 0 Å². The van der Waals surface area contributed by atoms with Gasteiger partial charge in [-0.25, -0.2) is 4.39 Å². The van der Waals surface area contributed by atoms with E-state index >= 15 is 0 Å². The lowest BCUT2D eigenvalue weighted by Gasteiger charge is -2.15. The second-order valence-electron chi connectivity index (χ2n) is 3.94. The number of benzene rings is 1. The van der Waals surface area contributed by atoms with E-state index in [9.17, 15) is 14.0 Å². The van der Waals surface area contributed by atoms with E-state index in [0.29, 0.717) is 10.2 Å². The van der Waals surface area contributed by atoms with Crippen LogP contribution in [-0.2, 0) is 9.59 Å². The summed E-state index contributed by atoms with van der Waals surface area (Å²) in [4.78, 5) is 24.1. The minimum absolute atomic E-state index is 0.0650. The second kappa shape index (κ2) is 4.85. The Labute approximate surface area is 116 Å². The van der Waals surface area contributed by atoms with Gasteiger partial charge in [0, 0.05) is 11.5 Å². The molecule has 1 fully saturated rings. The molecule has 1 aromatic rings. The lowest BCUT2D eigenvalue weighted by Crippen LogP contribution is -2.32. The van der Waals surface area contributed by atoms with E-state index in [1.54, 1.807) is 0 Å². The molecule has 1 aliphatic heterocycles. The summed E-state index contributed by atoms with van der Waals surface area (Å²) in [5, 5.41) is 3.01. The van der Waals surface area contributed by atoms with Crippen molar-refractivity contribution in [2.45, 2.75) is 12.5 Å². The van der Waals surface area contributed by atoms with Gasteiger partial charge in [-0.05, 0) is 28.1 Å². The van der Waals surface area contributed by atoms with Crippen LogP contribution in [0.15, 0.2) is 16.6 Å². The molecule has 0 radical (unpaired) electrons. The molecule has 1 N–H and O–H groups in total. The summed E-state index contributed by atoms with van der Waals surface area (Å²) >= 11 is 9.05. The summed E-state index contributed by atoms with van der Waals surface area (Å²) < 4.78 is 13.5. The van der Waals surface area contributed by atoms with Crippen molar-refractivity contribution in [3.8, 4) is 0 Å². The smallest absolute Gasteiger partial charge is 0.251 e. The van der Waals surface area contributed by atoms with E-state index < -0.39 is 11.9 Å². The summed E-state index contributed by atoms with van der Waals surface area (Å²) in [7, 11) is 1.42. The average molecular weight is 336 g/mol. The molecule has 2 rings (SSSR count). The minimum Gasteiger partial charge on any atom is -0.371 e. The normalized spacial score (nSPS) is 19.6. The van der Waals surface area contributed by atoms with Gasteiger partial charge in [-0.3, -0.25) is 14.5 Å². The third-order valence-electron chi connectivity index (χ3n) is 2.71. The third-order valence-corrected chi connectivity index (χ3v) is 3.63. The Morgan fingerprint density at radius 1 is 1.50 bits per heavy atom. The summed E-state index contributed by atoms with van der Waals surface area (Å²) in [6, 6.07) is 1.71. The van der Waals surface area contributed by atoms with Crippen LogP contribution >= 0.6 is 27.5 Å². The number of likely N-dealkylation sites (tertiary alicyclic amines) is 1. The Morgan fingerprint density at radius 3 is 2.67 bits per heavy atom. The number of anilines is 1. The van der Waals surface area contributed by atoms with Crippen LogP contribution in [-0.4, -0.2) is 29.8 Å². The minimum atomic E-state index is -0.665. The Morgan fingerprint density at radius 2 is 2.17 bits per heavy atom. The van der Waals surface area contributed by atoms with Crippen molar-refractivity contribution in [2.75, 3.05) is 12.4 Å². The Bertz CT molecular complexity index is 515. The maximum absolute atomic E-state index is 13.1. The molecule has 96 valence electrons. The van der Waals surface area contributed by atoms with Crippen LogP contribution < -0.4 is 5.32 Å². The number of hydrogen-bond donors (Lipinski definition) is 1. The number of rotatable bonds is 2. The number of hydrogen-bond acceptors (Lipinski definition) is 3. The zero-order valence-electron chi connectivity index (χ0n) is 9.34. The van der Waals surface area contributed by atoms with E-state index in [0.717, 1.165) is 11.0 Å². The van der Waals surface area contributed by atoms with Gasteiger partial charge in [0.2, 0.25) is 5.91 Å². The first kappa shape index (κ1) is 13.3. The maximum Gasteiger partial charge on any atom is 0.251 e. The SMILES string of the molecule is CN1C(=O)CC(Nc2c(Cl)cc(F)cc2Br)C1=O. The van der Waals surface area contributed by atoms with E-state index in [-0.39, 0.29) is 23.3 Å². The largest absolute Gasteiger partial charge is 0.371 e. The van der Waals surface area contributed by atoms with Gasteiger partial charge in [0.15, 0.2) is 0 Å². The molecule has 1 unspecified atom stereocenters. The van der Waals surface area contributed by atoms with Gasteiger partial charge in [0.05, 0.1) is 17.1 Å². The van der Waals surface area contributed by atoms with Crippen LogP contribution in [0.3, 0.4) is 0 Å². The molecule has 1 atom stereocenters. The number of carbonyl (C=O) groups excluding carboxylic acids is 2. The van der Waals surface area contributed by atoms with E-state index in [1.807, 2.05) is 0 Å². The molecule has 4 nitrogen and oxygen atoms in total. The van der Waals surface area contributed by atoms with Gasteiger partial charge in [-0.15, -0.1) is 0 Å². The van der Waals surface area contributed by atoms with E-state index in [1.165, 1.54) is 13.1 Å². The molecule has 1 aromatic carbocycles. The Hall–Kier alpha value is -1.14. The maximum atomic E-state index is 13.1. The molecule has 0 bridgehead atoms. The first-order chi connectivity index (χ1) is 8.40. The fourth-order valence-corrected chi connectivity index (χ4v) is 2.64. The molecule has 18 heavy (non-hydrogen) atoms. The van der Waals surface area contributed by atoms with Crippen LogP contribution in [0.2, 0.25) is 5.02 Å². The van der Waals surface area contributed by atoms with Crippen molar-refractivity contribution < 1.29 is 14.0 Å². The fourth-order valence-electron chi connectivity index (χ4n) is 1.72. The summed E-state index contributed by atoms with van der Waals surface area (Å²) in [5.74, 6) is -1.07. The van der Waals surface area contributed by atoms with Gasteiger partial charge in [-0.2, -0.15) is 0 Å². The topological polar surface area (TPSA) is 49.4 Å². The number of amides is 2. The monoisotopic (exact) mass is 334 g/mol. The Kier molecular flexibility index (Phi) is 3.59. The summed E-state index contributed by atoms with van der Waals surface area (Å²) in [5.41, 5.74) is 0.402. The number of imide groups is 1. The summed E-state index contributed by atoms with van der Waals surface area (Å²) in [6.45, 7) is 0. The lowest BCUT2D eigenvalue weighted by atomic mass is 10.2. The van der Waals surface area contributed by atoms with Crippen molar-refractivity contribution in [3.05, 3.63) is 27.4 Å². The van der Waals surface area contributed by atoms with Gasteiger partial charge in [0.1, 0.15) is 11.9 Å². The van der Waals surface area contributed by atoms with Crippen LogP contribution in [0.25, 0.3) is 0 Å². The number of carbonyl (C=O) groups is 2. The number of likely N-dealkylation sites (N-methyl/N-ethyl adjacent to an activating group) is 1. The lowest BCUT2D eigenvalue weighted by molar-refractivity contribution is -0.136. The number of nitrogens with one attached hydrogen (secondary N) is 1. The predicted octanol–water partition coefficient (Wildman–Crippen LogP) is 2.41. The molecule has 2 amide bonds. The molecule has 0 spiro atoms. The highest BCUT2D eigenvalue weighted by Crippen LogP contribution is 2.33. The molecule has 0 aromatic heterocycles. The fraction of sp³-hybridized carbons (Fsp3) is 0.273. The van der Waals surface area contributed by atoms with Crippen molar-refractivity contribution in [2.24, 2.45) is 0 Å². The van der Waals surface area contributed by atoms with E-state index in [2.05, 4.69) is 21.2 Å². The number of halogens is 3. The highest BCUT2D eigenvalue weighted by atomic mass is 79.9. The highest BCUT2D eigenvalue weighted by Gasteiger charge is 2.36. The van der Waals surface area contributed by atoms with Crippen LogP contribution in [0.4, 0.5) is 10.1 Å². The molecule has 0 aliphatic carbocycles. The first-order valence-electron chi connectivity index (χ1n) is 5.11. The molecule has 1 saturated heterocycles. The van der Waals surface area contributed by atoms with Crippen LogP contribution in [0.5, 0.6) is 0 Å². The molecular formula is C11H9BrClFN2O2. The second-order valence-corrected chi connectivity index (χ2v) is 5.20. The molecule has 1 aliphatic rings. The molecule has 7 heteroatoms. The summed E-state index contributed by atoms with van der Waals surface area (Å²) in [6.07, 6.45) is 0.0650. The van der Waals surface area contributed by atoms with Crippen molar-refractivity contribution in [1.29, 1.82) is 0 Å². The molecular weight excluding hydrogens is 326 g/mol. The van der Waals surface area contributed by atoms with Crippen LogP contribution in [0, 0.1) is 5.82 Å². The molecule has 1 heterocycles. The van der Waals surface area contributed by atoms with Crippen LogP contribution in [0.1, 0.15) is 6.42 Å². The van der Waals surface area contributed by atoms with Gasteiger partial charge in [-0.1, -0.05) is 11.6 Å². The quantitative estimate of drug-likeness (QED) is 0.845. The number of nitrogens with zero attached hydrogens (tertiary/aromatic N) is 1. The molecule has 0 saturated carbocycles. The standard InChI is InChI=1S/C11H9BrClFN2O2/c1-16-9(17)4-8(11(16)18)15-10-6(12)2-5(14)3-7(10)13/h2-3,8,15H,4H2,1H3. The highest BCUT2D eigenvalue weighted by molar-refractivity contribution is 9.10. The van der Waals surface area contributed by atoms with Crippen molar-refractivity contribution in [1.82, 2.24) is 4.90 Å². The zero-order chi connectivity index (χ0) is 13.4. The van der Waals surface area contributed by atoms with Gasteiger partial charge < -0.3 is 5.32 Å². The van der Waals surface area contributed by atoms with Crippen molar-refractivity contribution >= 4 is 45.0 Å².